The fraction of sp³-hybridized carbons (Fsp3) is 0.176. The predicted octanol–water partition coefficient (Wildman–Crippen LogP) is 2.87. The van der Waals surface area contributed by atoms with Crippen LogP contribution in [0.25, 0.3) is 10.9 Å². The van der Waals surface area contributed by atoms with Crippen molar-refractivity contribution in [3.8, 4) is 0 Å². The number of aromatic nitrogens is 2. The van der Waals surface area contributed by atoms with E-state index in [2.05, 4.69) is 56.8 Å². The third kappa shape index (κ3) is 2.14. The first-order valence-electron chi connectivity index (χ1n) is 7.20. The lowest BCUT2D eigenvalue weighted by Crippen LogP contribution is -2.24. The van der Waals surface area contributed by atoms with Crippen LogP contribution < -0.4 is 10.2 Å². The summed E-state index contributed by atoms with van der Waals surface area (Å²) in [4.78, 5) is 2.34. The van der Waals surface area contributed by atoms with E-state index in [1.807, 2.05) is 18.3 Å². The standard InChI is InChI=1S/C17H16N4/c1-4-8-16-13(5-1)11-18-9-10-21(16)17-12-19-20-15-7-3-2-6-14(15)17/h1-8,12,18H,9-11H2. The molecule has 1 aliphatic heterocycles. The van der Waals surface area contributed by atoms with Gasteiger partial charge in [0.15, 0.2) is 0 Å². The van der Waals surface area contributed by atoms with Gasteiger partial charge in [-0.2, -0.15) is 10.2 Å². The van der Waals surface area contributed by atoms with E-state index in [4.69, 9.17) is 0 Å². The fourth-order valence-electron chi connectivity index (χ4n) is 2.92. The summed E-state index contributed by atoms with van der Waals surface area (Å²) >= 11 is 0. The lowest BCUT2D eigenvalue weighted by Gasteiger charge is -2.25. The number of nitrogens with one attached hydrogen (secondary N) is 1. The first-order chi connectivity index (χ1) is 10.4. The molecule has 0 bridgehead atoms. The van der Waals surface area contributed by atoms with Gasteiger partial charge in [0.2, 0.25) is 0 Å². The maximum Gasteiger partial charge on any atom is 0.0950 e. The number of hydrogen-bond donors (Lipinski definition) is 1. The van der Waals surface area contributed by atoms with E-state index in [1.54, 1.807) is 0 Å². The number of benzene rings is 2. The summed E-state index contributed by atoms with van der Waals surface area (Å²) in [5.74, 6) is 0. The summed E-state index contributed by atoms with van der Waals surface area (Å²) in [6.45, 7) is 2.78. The first-order valence-corrected chi connectivity index (χ1v) is 7.20. The average Bonchev–Trinajstić information content (AvgIpc) is 2.77. The van der Waals surface area contributed by atoms with Crippen LogP contribution in [0.5, 0.6) is 0 Å². The third-order valence-corrected chi connectivity index (χ3v) is 3.93. The second-order valence-electron chi connectivity index (χ2n) is 5.20. The van der Waals surface area contributed by atoms with Gasteiger partial charge in [0.25, 0.3) is 0 Å². The Labute approximate surface area is 123 Å². The van der Waals surface area contributed by atoms with Gasteiger partial charge < -0.3 is 10.2 Å². The van der Waals surface area contributed by atoms with Crippen LogP contribution >= 0.6 is 0 Å². The molecule has 0 aliphatic carbocycles. The molecule has 21 heavy (non-hydrogen) atoms. The zero-order chi connectivity index (χ0) is 14.1. The van der Waals surface area contributed by atoms with E-state index in [0.717, 1.165) is 36.2 Å². The number of hydrogen-bond acceptors (Lipinski definition) is 4. The predicted molar refractivity (Wildman–Crippen MR) is 84.7 cm³/mol. The quantitative estimate of drug-likeness (QED) is 0.742. The average molecular weight is 276 g/mol. The monoisotopic (exact) mass is 276 g/mol. The minimum Gasteiger partial charge on any atom is -0.338 e. The Morgan fingerprint density at radius 2 is 1.81 bits per heavy atom. The molecule has 0 saturated heterocycles. The van der Waals surface area contributed by atoms with Crippen LogP contribution in [0.3, 0.4) is 0 Å². The summed E-state index contributed by atoms with van der Waals surface area (Å²) in [5, 5.41) is 13.0. The molecule has 0 radical (unpaired) electrons. The lowest BCUT2D eigenvalue weighted by molar-refractivity contribution is 0.712. The molecule has 0 unspecified atom stereocenters. The highest BCUT2D eigenvalue weighted by Gasteiger charge is 2.18. The Kier molecular flexibility index (Phi) is 3.01. The molecule has 2 aromatic carbocycles. The Hall–Kier alpha value is -2.46. The molecule has 0 atom stereocenters. The van der Waals surface area contributed by atoms with Crippen LogP contribution in [0.2, 0.25) is 0 Å². The second-order valence-corrected chi connectivity index (χ2v) is 5.20. The number of fused-ring (bicyclic) bond motifs is 2. The SMILES string of the molecule is c1ccc2c(c1)CNCCN2c1cnnc2ccccc12. The molecule has 3 aromatic rings. The fourth-order valence-corrected chi connectivity index (χ4v) is 2.92. The van der Waals surface area contributed by atoms with Gasteiger partial charge in [0, 0.05) is 30.7 Å². The minimum absolute atomic E-state index is 0.906. The molecule has 4 heteroatoms. The topological polar surface area (TPSA) is 41.0 Å². The second kappa shape index (κ2) is 5.14. The van der Waals surface area contributed by atoms with Crippen molar-refractivity contribution in [2.75, 3.05) is 18.0 Å². The molecule has 0 fully saturated rings. The molecule has 2 heterocycles. The highest BCUT2D eigenvalue weighted by Crippen LogP contribution is 2.33. The molecule has 1 N–H and O–H groups in total. The third-order valence-electron chi connectivity index (χ3n) is 3.93. The van der Waals surface area contributed by atoms with Crippen LogP contribution in [0.1, 0.15) is 5.56 Å². The van der Waals surface area contributed by atoms with Gasteiger partial charge in [-0.25, -0.2) is 0 Å². The van der Waals surface area contributed by atoms with Crippen molar-refractivity contribution >= 4 is 22.3 Å². The molecule has 104 valence electrons. The van der Waals surface area contributed by atoms with Crippen molar-refractivity contribution in [2.45, 2.75) is 6.54 Å². The van der Waals surface area contributed by atoms with Crippen LogP contribution in [0.15, 0.2) is 54.7 Å². The van der Waals surface area contributed by atoms with Gasteiger partial charge >= 0.3 is 0 Å². The van der Waals surface area contributed by atoms with Gasteiger partial charge in [-0.05, 0) is 17.7 Å². The molecule has 1 aromatic heterocycles. The number of anilines is 2. The number of rotatable bonds is 1. The first kappa shape index (κ1) is 12.3. The van der Waals surface area contributed by atoms with Crippen LogP contribution in [-0.2, 0) is 6.54 Å². The van der Waals surface area contributed by atoms with Crippen molar-refractivity contribution in [3.05, 3.63) is 60.3 Å². The lowest BCUT2D eigenvalue weighted by atomic mass is 10.1. The number of nitrogens with zero attached hydrogens (tertiary/aromatic N) is 3. The minimum atomic E-state index is 0.906. The van der Waals surface area contributed by atoms with Crippen molar-refractivity contribution < 1.29 is 0 Å². The van der Waals surface area contributed by atoms with E-state index >= 15 is 0 Å². The maximum absolute atomic E-state index is 4.22. The largest absolute Gasteiger partial charge is 0.338 e. The summed E-state index contributed by atoms with van der Waals surface area (Å²) in [7, 11) is 0. The molecule has 0 amide bonds. The summed E-state index contributed by atoms with van der Waals surface area (Å²) in [5.41, 5.74) is 4.62. The smallest absolute Gasteiger partial charge is 0.0950 e. The Morgan fingerprint density at radius 1 is 0.952 bits per heavy atom. The normalized spacial score (nSPS) is 14.8. The number of para-hydroxylation sites is 1. The Bertz CT molecular complexity index is 779. The summed E-state index contributed by atoms with van der Waals surface area (Å²) in [6.07, 6.45) is 1.87. The van der Waals surface area contributed by atoms with Crippen molar-refractivity contribution in [1.82, 2.24) is 15.5 Å². The Balaban J connectivity index is 1.92. The van der Waals surface area contributed by atoms with Crippen molar-refractivity contribution in [2.24, 2.45) is 0 Å². The Morgan fingerprint density at radius 3 is 2.81 bits per heavy atom. The van der Waals surface area contributed by atoms with Gasteiger partial charge in [-0.15, -0.1) is 0 Å². The van der Waals surface area contributed by atoms with Gasteiger partial charge in [0.05, 0.1) is 17.4 Å². The summed E-state index contributed by atoms with van der Waals surface area (Å²) < 4.78 is 0. The van der Waals surface area contributed by atoms with Gasteiger partial charge in [0.1, 0.15) is 0 Å². The molecule has 0 saturated carbocycles. The molecular weight excluding hydrogens is 260 g/mol. The maximum atomic E-state index is 4.22. The van der Waals surface area contributed by atoms with Crippen molar-refractivity contribution in [3.63, 3.8) is 0 Å². The highest BCUT2D eigenvalue weighted by atomic mass is 15.2. The van der Waals surface area contributed by atoms with E-state index in [9.17, 15) is 0 Å². The molecule has 4 nitrogen and oxygen atoms in total. The van der Waals surface area contributed by atoms with E-state index in [-0.39, 0.29) is 0 Å². The molecule has 0 spiro atoms. The van der Waals surface area contributed by atoms with Gasteiger partial charge in [-0.3, -0.25) is 0 Å². The molecular formula is C17H16N4. The van der Waals surface area contributed by atoms with Crippen molar-refractivity contribution in [1.29, 1.82) is 0 Å². The zero-order valence-electron chi connectivity index (χ0n) is 11.7. The van der Waals surface area contributed by atoms with E-state index in [0.29, 0.717) is 0 Å². The van der Waals surface area contributed by atoms with E-state index in [1.165, 1.54) is 11.3 Å². The molecule has 1 aliphatic rings. The van der Waals surface area contributed by atoms with Crippen LogP contribution in [0, 0.1) is 0 Å². The van der Waals surface area contributed by atoms with Gasteiger partial charge in [-0.1, -0.05) is 36.4 Å². The highest BCUT2D eigenvalue weighted by molar-refractivity contribution is 5.93. The van der Waals surface area contributed by atoms with Crippen LogP contribution in [-0.4, -0.2) is 23.3 Å². The summed E-state index contributed by atoms with van der Waals surface area (Å²) in [6, 6.07) is 16.7. The van der Waals surface area contributed by atoms with Crippen LogP contribution in [0.4, 0.5) is 11.4 Å². The van der Waals surface area contributed by atoms with E-state index < -0.39 is 0 Å². The zero-order valence-corrected chi connectivity index (χ0v) is 11.7. The molecule has 4 rings (SSSR count).